The lowest BCUT2D eigenvalue weighted by Gasteiger charge is -2.50. The molecule has 0 aromatic heterocycles. The highest BCUT2D eigenvalue weighted by Gasteiger charge is 2.46. The fourth-order valence-electron chi connectivity index (χ4n) is 4.77. The minimum Gasteiger partial charge on any atom is -0.308 e. The Kier molecular flexibility index (Phi) is 3.22. The van der Waals surface area contributed by atoms with E-state index < -0.39 is 0 Å². The fourth-order valence-corrected chi connectivity index (χ4v) is 4.77. The number of rotatable bonds is 1. The van der Waals surface area contributed by atoms with E-state index in [1.54, 1.807) is 0 Å². The molecule has 2 heteroatoms. The molecule has 0 amide bonds. The highest BCUT2D eigenvalue weighted by Crippen LogP contribution is 2.43. The summed E-state index contributed by atoms with van der Waals surface area (Å²) >= 11 is 0. The van der Waals surface area contributed by atoms with Gasteiger partial charge in [-0.05, 0) is 38.0 Å². The Morgan fingerprint density at radius 2 is 1.78 bits per heavy atom. The lowest BCUT2D eigenvalue weighted by molar-refractivity contribution is 0.0140. The molecule has 0 radical (unpaired) electrons. The van der Waals surface area contributed by atoms with Crippen molar-refractivity contribution < 1.29 is 0 Å². The summed E-state index contributed by atoms with van der Waals surface area (Å²) in [5.74, 6) is 0. The largest absolute Gasteiger partial charge is 0.308 e. The van der Waals surface area contributed by atoms with Crippen molar-refractivity contribution in [2.45, 2.75) is 83.3 Å². The van der Waals surface area contributed by atoms with Gasteiger partial charge in [0.05, 0.1) is 0 Å². The molecule has 3 fully saturated rings. The number of hydrogen-bond donors (Lipinski definition) is 1. The molecule has 1 aliphatic heterocycles. The number of hydrogen-bond acceptors (Lipinski definition) is 2. The maximum absolute atomic E-state index is 3.88. The third-order valence-electron chi connectivity index (χ3n) is 5.99. The summed E-state index contributed by atoms with van der Waals surface area (Å²) < 4.78 is 0. The molecule has 2 unspecified atom stereocenters. The van der Waals surface area contributed by atoms with E-state index >= 15 is 0 Å². The van der Waals surface area contributed by atoms with E-state index in [0.29, 0.717) is 11.0 Å². The zero-order valence-corrected chi connectivity index (χ0v) is 12.5. The first-order chi connectivity index (χ1) is 8.53. The topological polar surface area (TPSA) is 15.3 Å². The smallest absolute Gasteiger partial charge is 0.0309 e. The Labute approximate surface area is 113 Å². The monoisotopic (exact) mass is 250 g/mol. The summed E-state index contributed by atoms with van der Waals surface area (Å²) in [4.78, 5) is 2.87. The molecule has 0 bridgehead atoms. The van der Waals surface area contributed by atoms with E-state index in [-0.39, 0.29) is 0 Å². The number of piperazine rings is 1. The summed E-state index contributed by atoms with van der Waals surface area (Å²) in [5.41, 5.74) is 1.01. The predicted molar refractivity (Wildman–Crippen MR) is 76.8 cm³/mol. The Morgan fingerprint density at radius 1 is 1.06 bits per heavy atom. The van der Waals surface area contributed by atoms with Gasteiger partial charge in [-0.25, -0.2) is 0 Å². The van der Waals surface area contributed by atoms with Crippen molar-refractivity contribution in [1.29, 1.82) is 0 Å². The summed E-state index contributed by atoms with van der Waals surface area (Å²) in [6, 6.07) is 1.55. The van der Waals surface area contributed by atoms with Gasteiger partial charge in [-0.2, -0.15) is 0 Å². The number of nitrogens with zero attached hydrogens (tertiary/aromatic N) is 1. The Hall–Kier alpha value is -0.0800. The van der Waals surface area contributed by atoms with Crippen LogP contribution in [-0.4, -0.2) is 35.6 Å². The lowest BCUT2D eigenvalue weighted by atomic mass is 9.83. The summed E-state index contributed by atoms with van der Waals surface area (Å²) in [6.07, 6.45) is 9.95. The fraction of sp³-hybridized carbons (Fsp3) is 1.00. The molecule has 2 nitrogen and oxygen atoms in total. The van der Waals surface area contributed by atoms with Crippen LogP contribution in [0.15, 0.2) is 0 Å². The molecule has 1 N–H and O–H groups in total. The number of nitrogens with one attached hydrogen (secondary N) is 1. The third kappa shape index (κ3) is 2.12. The van der Waals surface area contributed by atoms with Gasteiger partial charge in [0.1, 0.15) is 0 Å². The molecule has 0 aromatic carbocycles. The van der Waals surface area contributed by atoms with Gasteiger partial charge in [-0.15, -0.1) is 0 Å². The predicted octanol–water partition coefficient (Wildman–Crippen LogP) is 3.17. The Morgan fingerprint density at radius 3 is 2.39 bits per heavy atom. The SMILES string of the molecule is CC1CNC2(CCCC2)CN1C1CCCC1(C)C. The minimum atomic E-state index is 0.477. The van der Waals surface area contributed by atoms with E-state index in [1.165, 1.54) is 58.0 Å². The highest BCUT2D eigenvalue weighted by atomic mass is 15.3. The first-order valence-corrected chi connectivity index (χ1v) is 8.03. The van der Waals surface area contributed by atoms with E-state index in [1.807, 2.05) is 0 Å². The first kappa shape index (κ1) is 12.9. The van der Waals surface area contributed by atoms with Gasteiger partial charge in [0, 0.05) is 30.7 Å². The molecule has 0 aromatic rings. The molecule has 104 valence electrons. The van der Waals surface area contributed by atoms with Gasteiger partial charge in [0.2, 0.25) is 0 Å². The van der Waals surface area contributed by atoms with Crippen molar-refractivity contribution in [3.63, 3.8) is 0 Å². The Bertz CT molecular complexity index is 304. The van der Waals surface area contributed by atoms with Crippen molar-refractivity contribution in [2.75, 3.05) is 13.1 Å². The minimum absolute atomic E-state index is 0.477. The molecule has 2 saturated carbocycles. The van der Waals surface area contributed by atoms with Crippen molar-refractivity contribution >= 4 is 0 Å². The second-order valence-corrected chi connectivity index (χ2v) is 7.79. The van der Waals surface area contributed by atoms with Gasteiger partial charge >= 0.3 is 0 Å². The average molecular weight is 250 g/mol. The van der Waals surface area contributed by atoms with E-state index in [0.717, 1.165) is 12.1 Å². The van der Waals surface area contributed by atoms with Crippen LogP contribution in [0.4, 0.5) is 0 Å². The highest BCUT2D eigenvalue weighted by molar-refractivity contribution is 5.04. The Balaban J connectivity index is 1.77. The zero-order chi connectivity index (χ0) is 12.8. The molecule has 1 heterocycles. The van der Waals surface area contributed by atoms with Crippen LogP contribution in [0.2, 0.25) is 0 Å². The summed E-state index contributed by atoms with van der Waals surface area (Å²) in [6.45, 7) is 9.90. The normalized spacial score (nSPS) is 39.5. The van der Waals surface area contributed by atoms with Crippen LogP contribution < -0.4 is 5.32 Å². The van der Waals surface area contributed by atoms with Crippen molar-refractivity contribution in [3.8, 4) is 0 Å². The van der Waals surface area contributed by atoms with Crippen molar-refractivity contribution in [1.82, 2.24) is 10.2 Å². The van der Waals surface area contributed by atoms with Crippen LogP contribution in [0, 0.1) is 5.41 Å². The van der Waals surface area contributed by atoms with Gasteiger partial charge in [0.15, 0.2) is 0 Å². The average Bonchev–Trinajstić information content (AvgIpc) is 2.90. The molecule has 1 saturated heterocycles. The van der Waals surface area contributed by atoms with Crippen LogP contribution in [0.25, 0.3) is 0 Å². The van der Waals surface area contributed by atoms with E-state index in [4.69, 9.17) is 0 Å². The molecular formula is C16H30N2. The van der Waals surface area contributed by atoms with Gasteiger partial charge < -0.3 is 5.32 Å². The van der Waals surface area contributed by atoms with Gasteiger partial charge in [-0.3, -0.25) is 4.90 Å². The lowest BCUT2D eigenvalue weighted by Crippen LogP contribution is -2.65. The van der Waals surface area contributed by atoms with Crippen LogP contribution >= 0.6 is 0 Å². The van der Waals surface area contributed by atoms with Crippen LogP contribution in [0.5, 0.6) is 0 Å². The summed E-state index contributed by atoms with van der Waals surface area (Å²) in [7, 11) is 0. The maximum Gasteiger partial charge on any atom is 0.0309 e. The van der Waals surface area contributed by atoms with E-state index in [9.17, 15) is 0 Å². The first-order valence-electron chi connectivity index (χ1n) is 8.03. The standard InChI is InChI=1S/C16H30N2/c1-13-11-17-16(9-4-5-10-16)12-18(13)14-7-6-8-15(14,2)3/h13-14,17H,4-12H2,1-3H3. The second kappa shape index (κ2) is 4.49. The molecule has 3 aliphatic rings. The molecule has 2 atom stereocenters. The summed E-state index contributed by atoms with van der Waals surface area (Å²) in [5, 5.41) is 3.88. The maximum atomic E-state index is 3.88. The molecule has 1 spiro atoms. The van der Waals surface area contributed by atoms with Crippen molar-refractivity contribution in [3.05, 3.63) is 0 Å². The quantitative estimate of drug-likeness (QED) is 0.769. The molecular weight excluding hydrogens is 220 g/mol. The van der Waals surface area contributed by atoms with Gasteiger partial charge in [-0.1, -0.05) is 33.1 Å². The van der Waals surface area contributed by atoms with Gasteiger partial charge in [0.25, 0.3) is 0 Å². The van der Waals surface area contributed by atoms with Crippen LogP contribution in [0.3, 0.4) is 0 Å². The van der Waals surface area contributed by atoms with Crippen molar-refractivity contribution in [2.24, 2.45) is 5.41 Å². The van der Waals surface area contributed by atoms with Crippen LogP contribution in [-0.2, 0) is 0 Å². The molecule has 2 aliphatic carbocycles. The molecule has 3 rings (SSSR count). The van der Waals surface area contributed by atoms with Crippen LogP contribution in [0.1, 0.15) is 65.7 Å². The zero-order valence-electron chi connectivity index (χ0n) is 12.5. The van der Waals surface area contributed by atoms with E-state index in [2.05, 4.69) is 31.0 Å². The second-order valence-electron chi connectivity index (χ2n) is 7.79. The molecule has 18 heavy (non-hydrogen) atoms. The third-order valence-corrected chi connectivity index (χ3v) is 5.99.